The van der Waals surface area contributed by atoms with Crippen LogP contribution in [0.4, 0.5) is 11.4 Å². The zero-order valence-electron chi connectivity index (χ0n) is 9.94. The summed E-state index contributed by atoms with van der Waals surface area (Å²) in [6.07, 6.45) is 3.23. The number of aromatic amines is 2. The van der Waals surface area contributed by atoms with Gasteiger partial charge in [0, 0.05) is 12.4 Å². The molecule has 4 rings (SSSR count). The second-order valence-corrected chi connectivity index (χ2v) is 4.10. The molecule has 2 aliphatic heterocycles. The molecule has 4 N–H and O–H groups in total. The molecule has 0 aliphatic carbocycles. The molecule has 0 aromatic carbocycles. The average molecular weight is 272 g/mol. The van der Waals surface area contributed by atoms with E-state index < -0.39 is 23.4 Å². The summed E-state index contributed by atoms with van der Waals surface area (Å²) in [5.74, 6) is -2.08. The van der Waals surface area contributed by atoms with E-state index in [-0.39, 0.29) is 0 Å². The van der Waals surface area contributed by atoms with Gasteiger partial charge in [0.05, 0.1) is 11.4 Å². The maximum atomic E-state index is 10.8. The Kier molecular flexibility index (Phi) is 2.50. The van der Waals surface area contributed by atoms with E-state index >= 15 is 0 Å². The third-order valence-corrected chi connectivity index (χ3v) is 2.86. The summed E-state index contributed by atoms with van der Waals surface area (Å²) in [5.41, 5.74) is 1.89. The predicted octanol–water partition coefficient (Wildman–Crippen LogP) is 0.299. The molecule has 2 aromatic rings. The minimum Gasteiger partial charge on any atom is -0.357 e. The van der Waals surface area contributed by atoms with Crippen molar-refractivity contribution in [3.05, 3.63) is 35.9 Å². The van der Waals surface area contributed by atoms with Crippen LogP contribution >= 0.6 is 0 Å². The lowest BCUT2D eigenvalue weighted by Crippen LogP contribution is -2.13. The second-order valence-electron chi connectivity index (χ2n) is 4.10. The van der Waals surface area contributed by atoms with Crippen LogP contribution in [0.2, 0.25) is 0 Å². The Morgan fingerprint density at radius 1 is 0.650 bits per heavy atom. The average Bonchev–Trinajstić information content (AvgIpc) is 3.13. The summed E-state index contributed by atoms with van der Waals surface area (Å²) in [7, 11) is 0. The van der Waals surface area contributed by atoms with Crippen molar-refractivity contribution in [2.75, 3.05) is 10.6 Å². The first kappa shape index (κ1) is 11.9. The number of ketones is 2. The van der Waals surface area contributed by atoms with Crippen LogP contribution in [-0.4, -0.2) is 33.3 Å². The fraction of sp³-hybridized carbons (Fsp3) is 0. The molecule has 0 radical (unpaired) electrons. The van der Waals surface area contributed by atoms with E-state index in [1.807, 2.05) is 0 Å². The lowest BCUT2D eigenvalue weighted by Gasteiger charge is -1.83. The molecule has 8 nitrogen and oxygen atoms in total. The van der Waals surface area contributed by atoms with Crippen molar-refractivity contribution in [3.8, 4) is 0 Å². The number of fused-ring (bicyclic) bond motifs is 2. The van der Waals surface area contributed by atoms with E-state index in [4.69, 9.17) is 0 Å². The van der Waals surface area contributed by atoms with Gasteiger partial charge >= 0.3 is 0 Å². The van der Waals surface area contributed by atoms with Gasteiger partial charge in [0.2, 0.25) is 0 Å². The lowest BCUT2D eigenvalue weighted by atomic mass is 10.3. The molecule has 8 heteroatoms. The van der Waals surface area contributed by atoms with Crippen LogP contribution in [0.15, 0.2) is 24.5 Å². The number of hydrogen-bond donors (Lipinski definition) is 4. The Balaban J connectivity index is 0.000000121. The summed E-state index contributed by atoms with van der Waals surface area (Å²) in [5, 5.41) is 4.81. The quantitative estimate of drug-likeness (QED) is 0.515. The van der Waals surface area contributed by atoms with Crippen molar-refractivity contribution in [2.45, 2.75) is 0 Å². The van der Waals surface area contributed by atoms with Crippen molar-refractivity contribution < 1.29 is 19.2 Å². The fourth-order valence-electron chi connectivity index (χ4n) is 1.91. The van der Waals surface area contributed by atoms with Gasteiger partial charge in [-0.2, -0.15) is 0 Å². The third-order valence-electron chi connectivity index (χ3n) is 2.86. The number of anilines is 2. The zero-order chi connectivity index (χ0) is 14.3. The number of hydrogen-bond acceptors (Lipinski definition) is 4. The first-order chi connectivity index (χ1) is 9.58. The lowest BCUT2D eigenvalue weighted by molar-refractivity contribution is -0.112. The number of carbonyl (C=O) groups is 4. The summed E-state index contributed by atoms with van der Waals surface area (Å²) >= 11 is 0. The van der Waals surface area contributed by atoms with Gasteiger partial charge in [-0.25, -0.2) is 0 Å². The van der Waals surface area contributed by atoms with E-state index in [0.717, 1.165) is 0 Å². The van der Waals surface area contributed by atoms with E-state index in [1.54, 1.807) is 24.5 Å². The molecule has 0 saturated heterocycles. The Morgan fingerprint density at radius 2 is 1.05 bits per heavy atom. The van der Waals surface area contributed by atoms with Crippen LogP contribution in [0.5, 0.6) is 0 Å². The molecule has 0 unspecified atom stereocenters. The van der Waals surface area contributed by atoms with Crippen LogP contribution in [0.25, 0.3) is 0 Å². The van der Waals surface area contributed by atoms with Crippen molar-refractivity contribution >= 4 is 34.8 Å². The normalized spacial score (nSPS) is 15.2. The Bertz CT molecular complexity index is 691. The van der Waals surface area contributed by atoms with E-state index in [9.17, 15) is 19.2 Å². The SMILES string of the molecule is O=C1Nc2cc[nH]c2C1=O.O=C1Nc2cc[nH]c2C1=O. The molecular formula is C12H8N4O4. The number of Topliss-reactive ketones (excluding diaryl/α,β-unsaturated/α-hetero) is 2. The van der Waals surface area contributed by atoms with E-state index in [0.29, 0.717) is 22.8 Å². The largest absolute Gasteiger partial charge is 0.357 e. The smallest absolute Gasteiger partial charge is 0.298 e. The molecule has 2 amide bonds. The Morgan fingerprint density at radius 3 is 1.40 bits per heavy atom. The number of carbonyl (C=O) groups excluding carboxylic acids is 4. The van der Waals surface area contributed by atoms with Crippen LogP contribution in [0.3, 0.4) is 0 Å². The molecular weight excluding hydrogens is 264 g/mol. The Hall–Kier alpha value is -3.16. The summed E-state index contributed by atoms with van der Waals surface area (Å²) < 4.78 is 0. The minimum atomic E-state index is -0.554. The molecule has 0 saturated carbocycles. The van der Waals surface area contributed by atoms with Crippen molar-refractivity contribution in [3.63, 3.8) is 0 Å². The molecule has 2 aliphatic rings. The van der Waals surface area contributed by atoms with Gasteiger partial charge in [-0.05, 0) is 12.1 Å². The van der Waals surface area contributed by atoms with Gasteiger partial charge in [-0.3, -0.25) is 19.2 Å². The maximum absolute atomic E-state index is 10.8. The van der Waals surface area contributed by atoms with Crippen LogP contribution in [0.1, 0.15) is 21.0 Å². The predicted molar refractivity (Wildman–Crippen MR) is 67.5 cm³/mol. The van der Waals surface area contributed by atoms with Crippen molar-refractivity contribution in [1.29, 1.82) is 0 Å². The van der Waals surface area contributed by atoms with Gasteiger partial charge in [0.1, 0.15) is 11.4 Å². The molecule has 0 fully saturated rings. The van der Waals surface area contributed by atoms with E-state index in [1.165, 1.54) is 0 Å². The van der Waals surface area contributed by atoms with Gasteiger partial charge in [0.25, 0.3) is 23.4 Å². The highest BCUT2D eigenvalue weighted by molar-refractivity contribution is 6.51. The molecule has 0 atom stereocenters. The highest BCUT2D eigenvalue weighted by Gasteiger charge is 2.29. The fourth-order valence-corrected chi connectivity index (χ4v) is 1.91. The minimum absolute atomic E-state index is 0.366. The van der Waals surface area contributed by atoms with E-state index in [2.05, 4.69) is 20.6 Å². The molecule has 100 valence electrons. The van der Waals surface area contributed by atoms with Crippen molar-refractivity contribution in [1.82, 2.24) is 9.97 Å². The van der Waals surface area contributed by atoms with Crippen molar-refractivity contribution in [2.24, 2.45) is 0 Å². The van der Waals surface area contributed by atoms with Crippen LogP contribution < -0.4 is 10.6 Å². The number of rotatable bonds is 0. The molecule has 2 aromatic heterocycles. The molecule has 0 bridgehead atoms. The maximum Gasteiger partial charge on any atom is 0.298 e. The standard InChI is InChI=1S/2C6H4N2O2/c2*9-5-4-3(1-2-7-4)8-6(5)10/h2*1-2,7H,(H,8,9,10). The molecule has 0 spiro atoms. The van der Waals surface area contributed by atoms with Gasteiger partial charge in [-0.1, -0.05) is 0 Å². The highest BCUT2D eigenvalue weighted by Crippen LogP contribution is 2.20. The number of amides is 2. The first-order valence-corrected chi connectivity index (χ1v) is 5.64. The van der Waals surface area contributed by atoms with Gasteiger partial charge in [0.15, 0.2) is 0 Å². The van der Waals surface area contributed by atoms with Crippen LogP contribution in [0, 0.1) is 0 Å². The molecule has 4 heterocycles. The number of aromatic nitrogens is 2. The van der Waals surface area contributed by atoms with Gasteiger partial charge < -0.3 is 20.6 Å². The Labute approximate surface area is 111 Å². The third kappa shape index (κ3) is 1.70. The first-order valence-electron chi connectivity index (χ1n) is 5.64. The highest BCUT2D eigenvalue weighted by atomic mass is 16.2. The number of H-pyrrole nitrogens is 2. The monoisotopic (exact) mass is 272 g/mol. The van der Waals surface area contributed by atoms with Crippen LogP contribution in [-0.2, 0) is 9.59 Å². The molecule has 20 heavy (non-hydrogen) atoms. The topological polar surface area (TPSA) is 124 Å². The van der Waals surface area contributed by atoms with Gasteiger partial charge in [-0.15, -0.1) is 0 Å². The summed E-state index contributed by atoms with van der Waals surface area (Å²) in [6, 6.07) is 3.30. The summed E-state index contributed by atoms with van der Waals surface area (Å²) in [4.78, 5) is 48.2. The number of nitrogens with one attached hydrogen (secondary N) is 4. The summed E-state index contributed by atoms with van der Waals surface area (Å²) in [6.45, 7) is 0. The zero-order valence-corrected chi connectivity index (χ0v) is 9.94. The second kappa shape index (κ2) is 4.19.